The van der Waals surface area contributed by atoms with Gasteiger partial charge < -0.3 is 15.8 Å². The number of nitrogens with two attached hydrogens (primary N) is 1. The molecule has 0 spiro atoms. The van der Waals surface area contributed by atoms with E-state index in [9.17, 15) is 0 Å². The summed E-state index contributed by atoms with van der Waals surface area (Å²) in [4.78, 5) is 5.87. The van der Waals surface area contributed by atoms with Crippen LogP contribution in [0.4, 0.5) is 0 Å². The maximum Gasteiger partial charge on any atom is 0.189 e. The number of nitrogens with one attached hydrogen (secondary N) is 1. The molecule has 2 aromatic rings. The molecule has 5 heteroatoms. The first kappa shape index (κ1) is 18.0. The average Bonchev–Trinajstić information content (AvgIpc) is 3.16. The van der Waals surface area contributed by atoms with Crippen LogP contribution in [0.25, 0.3) is 0 Å². The Balaban J connectivity index is 1.59. The van der Waals surface area contributed by atoms with E-state index in [-0.39, 0.29) is 6.04 Å². The number of thiophene rings is 1. The molecule has 1 atom stereocenters. The number of ether oxygens (including phenoxy) is 1. The zero-order valence-electron chi connectivity index (χ0n) is 14.6. The predicted molar refractivity (Wildman–Crippen MR) is 105 cm³/mol. The lowest BCUT2D eigenvalue weighted by molar-refractivity contribution is 0.0612. The van der Waals surface area contributed by atoms with Crippen molar-refractivity contribution in [3.63, 3.8) is 0 Å². The van der Waals surface area contributed by atoms with Crippen LogP contribution in [0.3, 0.4) is 0 Å². The number of nitrogens with zero attached hydrogens (tertiary/aromatic N) is 1. The van der Waals surface area contributed by atoms with Gasteiger partial charge in [-0.1, -0.05) is 36.4 Å². The molecule has 0 bridgehead atoms. The third kappa shape index (κ3) is 5.87. The van der Waals surface area contributed by atoms with E-state index < -0.39 is 0 Å². The first-order chi connectivity index (χ1) is 12.3. The zero-order chi connectivity index (χ0) is 17.3. The van der Waals surface area contributed by atoms with E-state index in [2.05, 4.69) is 52.1 Å². The lowest BCUT2D eigenvalue weighted by Crippen LogP contribution is -2.36. The first-order valence-corrected chi connectivity index (χ1v) is 9.91. The average molecular weight is 358 g/mol. The number of guanidine groups is 1. The van der Waals surface area contributed by atoms with E-state index in [0.717, 1.165) is 45.4 Å². The van der Waals surface area contributed by atoms with Gasteiger partial charge in [0.15, 0.2) is 5.96 Å². The highest BCUT2D eigenvalue weighted by atomic mass is 32.1. The predicted octanol–water partition coefficient (Wildman–Crippen LogP) is 3.75. The van der Waals surface area contributed by atoms with Gasteiger partial charge in [0, 0.05) is 31.1 Å². The lowest BCUT2D eigenvalue weighted by atomic mass is 9.89. The third-order valence-electron chi connectivity index (χ3n) is 4.65. The van der Waals surface area contributed by atoms with Gasteiger partial charge in [-0.2, -0.15) is 0 Å². The molecular formula is C20H27N3OS. The van der Waals surface area contributed by atoms with E-state index in [1.54, 1.807) is 11.3 Å². The second kappa shape index (κ2) is 9.59. The Hall–Kier alpha value is -1.85. The van der Waals surface area contributed by atoms with Crippen LogP contribution in [-0.2, 0) is 11.2 Å². The molecule has 1 aliphatic heterocycles. The number of rotatable bonds is 7. The van der Waals surface area contributed by atoms with Gasteiger partial charge in [-0.25, -0.2) is 0 Å². The molecule has 25 heavy (non-hydrogen) atoms. The minimum absolute atomic E-state index is 0.204. The summed E-state index contributed by atoms with van der Waals surface area (Å²) < 4.78 is 5.49. The highest BCUT2D eigenvalue weighted by Gasteiger charge is 2.21. The van der Waals surface area contributed by atoms with Gasteiger partial charge >= 0.3 is 0 Å². The number of benzene rings is 1. The van der Waals surface area contributed by atoms with Gasteiger partial charge in [-0.3, -0.25) is 4.99 Å². The Labute approximate surface area is 154 Å². The lowest BCUT2D eigenvalue weighted by Gasteiger charge is -2.28. The minimum atomic E-state index is 0.204. The van der Waals surface area contributed by atoms with Crippen molar-refractivity contribution >= 4 is 17.3 Å². The van der Waals surface area contributed by atoms with Gasteiger partial charge in [0.25, 0.3) is 0 Å². The maximum absolute atomic E-state index is 6.17. The fourth-order valence-corrected chi connectivity index (χ4v) is 3.94. The number of aliphatic imine (C=N–C) groups is 1. The molecule has 1 saturated heterocycles. The van der Waals surface area contributed by atoms with Crippen molar-refractivity contribution in [1.82, 2.24) is 5.32 Å². The molecule has 3 N–H and O–H groups in total. The van der Waals surface area contributed by atoms with Gasteiger partial charge in [-0.05, 0) is 42.2 Å². The largest absolute Gasteiger partial charge is 0.381 e. The molecule has 3 rings (SSSR count). The van der Waals surface area contributed by atoms with Crippen LogP contribution >= 0.6 is 11.3 Å². The third-order valence-corrected chi connectivity index (χ3v) is 5.59. The van der Waals surface area contributed by atoms with Crippen LogP contribution in [-0.4, -0.2) is 25.7 Å². The minimum Gasteiger partial charge on any atom is -0.381 e. The molecule has 4 nitrogen and oxygen atoms in total. The molecule has 134 valence electrons. The van der Waals surface area contributed by atoms with Crippen LogP contribution in [0.15, 0.2) is 52.8 Å². The first-order valence-electron chi connectivity index (χ1n) is 9.03. The monoisotopic (exact) mass is 357 g/mol. The van der Waals surface area contributed by atoms with Crippen LogP contribution in [0.2, 0.25) is 0 Å². The molecule has 1 aromatic heterocycles. The molecule has 0 aliphatic carbocycles. The summed E-state index contributed by atoms with van der Waals surface area (Å²) >= 11 is 1.77. The molecular weight excluding hydrogens is 330 g/mol. The summed E-state index contributed by atoms with van der Waals surface area (Å²) in [5.74, 6) is 1.21. The SMILES string of the molecule is NC(=NCCc1cccs1)NC(CC1CCOCC1)c1ccccc1. The van der Waals surface area contributed by atoms with Gasteiger partial charge in [0.05, 0.1) is 6.04 Å². The highest BCUT2D eigenvalue weighted by Crippen LogP contribution is 2.27. The second-order valence-electron chi connectivity index (χ2n) is 6.50. The molecule has 1 fully saturated rings. The van der Waals surface area contributed by atoms with Crippen LogP contribution in [0.5, 0.6) is 0 Å². The van der Waals surface area contributed by atoms with Crippen LogP contribution in [0.1, 0.15) is 35.7 Å². The molecule has 1 aliphatic rings. The van der Waals surface area contributed by atoms with E-state index in [1.165, 1.54) is 10.4 Å². The summed E-state index contributed by atoms with van der Waals surface area (Å²) in [6.07, 6.45) is 4.26. The Morgan fingerprint density at radius 3 is 2.72 bits per heavy atom. The second-order valence-corrected chi connectivity index (χ2v) is 7.53. The summed E-state index contributed by atoms with van der Waals surface area (Å²) in [5, 5.41) is 5.55. The zero-order valence-corrected chi connectivity index (χ0v) is 15.4. The maximum atomic E-state index is 6.17. The Morgan fingerprint density at radius 1 is 1.20 bits per heavy atom. The van der Waals surface area contributed by atoms with Crippen molar-refractivity contribution in [2.45, 2.75) is 31.7 Å². The summed E-state index contributed by atoms with van der Waals surface area (Å²) in [7, 11) is 0. The summed E-state index contributed by atoms with van der Waals surface area (Å²) in [6.45, 7) is 2.46. The van der Waals surface area contributed by atoms with E-state index >= 15 is 0 Å². The van der Waals surface area contributed by atoms with Crippen molar-refractivity contribution < 1.29 is 4.74 Å². The molecule has 0 amide bonds. The smallest absolute Gasteiger partial charge is 0.189 e. The quantitative estimate of drug-likeness (QED) is 0.586. The Kier molecular flexibility index (Phi) is 6.89. The van der Waals surface area contributed by atoms with Gasteiger partial charge in [-0.15, -0.1) is 11.3 Å². The molecule has 0 radical (unpaired) electrons. The fraction of sp³-hybridized carbons (Fsp3) is 0.450. The van der Waals surface area contributed by atoms with Gasteiger partial charge in [0.1, 0.15) is 0 Å². The summed E-state index contributed by atoms with van der Waals surface area (Å²) in [5.41, 5.74) is 7.44. The van der Waals surface area contributed by atoms with E-state index in [1.807, 2.05) is 6.07 Å². The van der Waals surface area contributed by atoms with Crippen molar-refractivity contribution in [3.05, 3.63) is 58.3 Å². The van der Waals surface area contributed by atoms with Crippen molar-refractivity contribution in [3.8, 4) is 0 Å². The highest BCUT2D eigenvalue weighted by molar-refractivity contribution is 7.09. The van der Waals surface area contributed by atoms with E-state index in [0.29, 0.717) is 11.9 Å². The summed E-state index contributed by atoms with van der Waals surface area (Å²) in [6, 6.07) is 15.0. The van der Waals surface area contributed by atoms with Crippen molar-refractivity contribution in [2.75, 3.05) is 19.8 Å². The standard InChI is InChI=1S/C20H27N3OS/c21-20(22-11-8-18-7-4-14-25-18)23-19(17-5-2-1-3-6-17)15-16-9-12-24-13-10-16/h1-7,14,16,19H,8-13,15H2,(H3,21,22,23). The Bertz CT molecular complexity index is 636. The van der Waals surface area contributed by atoms with Crippen LogP contribution in [0, 0.1) is 5.92 Å². The fourth-order valence-electron chi connectivity index (χ4n) is 3.24. The Morgan fingerprint density at radius 2 is 2.00 bits per heavy atom. The molecule has 0 saturated carbocycles. The van der Waals surface area contributed by atoms with Crippen molar-refractivity contribution in [2.24, 2.45) is 16.6 Å². The number of hydrogen-bond donors (Lipinski definition) is 2. The molecule has 2 heterocycles. The van der Waals surface area contributed by atoms with Crippen LogP contribution < -0.4 is 11.1 Å². The number of hydrogen-bond acceptors (Lipinski definition) is 3. The molecule has 1 unspecified atom stereocenters. The van der Waals surface area contributed by atoms with Gasteiger partial charge in [0.2, 0.25) is 0 Å². The van der Waals surface area contributed by atoms with E-state index in [4.69, 9.17) is 10.5 Å². The normalized spacial score (nSPS) is 17.4. The topological polar surface area (TPSA) is 59.6 Å². The van der Waals surface area contributed by atoms with Crippen molar-refractivity contribution in [1.29, 1.82) is 0 Å². The molecule has 1 aromatic carbocycles.